The molecule has 0 spiro atoms. The van der Waals surface area contributed by atoms with E-state index in [1.165, 1.54) is 5.56 Å². The molecule has 0 saturated heterocycles. The highest BCUT2D eigenvalue weighted by Gasteiger charge is 2.17. The van der Waals surface area contributed by atoms with Gasteiger partial charge >= 0.3 is 0 Å². The smallest absolute Gasteiger partial charge is 0.113 e. The van der Waals surface area contributed by atoms with Crippen LogP contribution in [0.2, 0.25) is 0 Å². The molecule has 1 atom stereocenters. The predicted octanol–water partition coefficient (Wildman–Crippen LogP) is 2.53. The van der Waals surface area contributed by atoms with Crippen LogP contribution in [0.1, 0.15) is 37.9 Å². The molecule has 1 aromatic heterocycles. The number of pyridine rings is 1. The highest BCUT2D eigenvalue weighted by Crippen LogP contribution is 2.25. The van der Waals surface area contributed by atoms with Crippen molar-refractivity contribution in [2.45, 2.75) is 32.2 Å². The van der Waals surface area contributed by atoms with Crippen LogP contribution in [0.5, 0.6) is 0 Å². The van der Waals surface area contributed by atoms with Gasteiger partial charge in [-0.25, -0.2) is 4.99 Å². The molecule has 1 unspecified atom stereocenters. The third kappa shape index (κ3) is 2.12. The van der Waals surface area contributed by atoms with E-state index >= 15 is 0 Å². The summed E-state index contributed by atoms with van der Waals surface area (Å²) in [7, 11) is 0. The lowest BCUT2D eigenvalue weighted by Crippen LogP contribution is -2.12. The van der Waals surface area contributed by atoms with Crippen molar-refractivity contribution in [3.05, 3.63) is 29.6 Å². The third-order valence-corrected chi connectivity index (χ3v) is 2.49. The molecule has 3 heteroatoms. The molecule has 15 heavy (non-hydrogen) atoms. The minimum absolute atomic E-state index is 0.0554. The van der Waals surface area contributed by atoms with Gasteiger partial charge in [0.15, 0.2) is 0 Å². The van der Waals surface area contributed by atoms with Crippen LogP contribution in [0.15, 0.2) is 28.4 Å². The number of aliphatic imine (C=N–C) groups is 2. The Bertz CT molecular complexity index is 401. The van der Waals surface area contributed by atoms with Crippen LogP contribution >= 0.6 is 0 Å². The van der Waals surface area contributed by atoms with Crippen molar-refractivity contribution in [1.82, 2.24) is 4.98 Å². The lowest BCUT2D eigenvalue weighted by atomic mass is 9.87. The van der Waals surface area contributed by atoms with Gasteiger partial charge in [0.1, 0.15) is 12.4 Å². The van der Waals surface area contributed by atoms with Crippen molar-refractivity contribution in [3.8, 4) is 0 Å². The van der Waals surface area contributed by atoms with E-state index in [4.69, 9.17) is 0 Å². The van der Waals surface area contributed by atoms with Crippen molar-refractivity contribution in [3.63, 3.8) is 0 Å². The van der Waals surface area contributed by atoms with Crippen LogP contribution in [0, 0.1) is 0 Å². The first-order valence-corrected chi connectivity index (χ1v) is 5.08. The van der Waals surface area contributed by atoms with Gasteiger partial charge in [0.2, 0.25) is 0 Å². The van der Waals surface area contributed by atoms with Crippen LogP contribution in [0.25, 0.3) is 0 Å². The Kier molecular flexibility index (Phi) is 2.39. The van der Waals surface area contributed by atoms with Crippen LogP contribution in [-0.4, -0.2) is 17.5 Å². The second-order valence-electron chi connectivity index (χ2n) is 4.76. The van der Waals surface area contributed by atoms with E-state index in [2.05, 4.69) is 41.8 Å². The molecule has 0 radical (unpaired) electrons. The largest absolute Gasteiger partial charge is 0.264 e. The molecule has 0 N–H and O–H groups in total. The van der Waals surface area contributed by atoms with Crippen LogP contribution in [0.4, 0.5) is 0 Å². The zero-order valence-corrected chi connectivity index (χ0v) is 9.31. The predicted molar refractivity (Wildman–Crippen MR) is 62.7 cm³/mol. The second kappa shape index (κ2) is 3.57. The van der Waals surface area contributed by atoms with E-state index < -0.39 is 0 Å². The molecule has 1 aliphatic heterocycles. The minimum atomic E-state index is 0.0554. The normalized spacial score (nSPS) is 19.8. The molecule has 2 rings (SSSR count). The SMILES string of the molecule is CC(C)(C)c1cncc(C2C=NC=N2)c1. The average Bonchev–Trinajstić information content (AvgIpc) is 2.69. The number of hydrogen-bond donors (Lipinski definition) is 0. The summed E-state index contributed by atoms with van der Waals surface area (Å²) in [5.74, 6) is 0. The molecule has 0 aliphatic carbocycles. The van der Waals surface area contributed by atoms with Gasteiger partial charge in [0.25, 0.3) is 0 Å². The van der Waals surface area contributed by atoms with Gasteiger partial charge in [-0.1, -0.05) is 20.8 Å². The zero-order valence-electron chi connectivity index (χ0n) is 9.31. The van der Waals surface area contributed by atoms with Crippen molar-refractivity contribution >= 4 is 12.6 Å². The quantitative estimate of drug-likeness (QED) is 0.688. The van der Waals surface area contributed by atoms with Crippen molar-refractivity contribution in [1.29, 1.82) is 0 Å². The molecule has 0 aromatic carbocycles. The minimum Gasteiger partial charge on any atom is -0.264 e. The van der Waals surface area contributed by atoms with Gasteiger partial charge in [-0.15, -0.1) is 0 Å². The molecular formula is C12H15N3. The summed E-state index contributed by atoms with van der Waals surface area (Å²) in [6.45, 7) is 6.54. The molecule has 0 amide bonds. The Morgan fingerprint density at radius 3 is 2.60 bits per heavy atom. The van der Waals surface area contributed by atoms with E-state index in [0.717, 1.165) is 5.56 Å². The molecule has 1 aromatic rings. The van der Waals surface area contributed by atoms with E-state index in [0.29, 0.717) is 0 Å². The Labute approximate surface area is 90.0 Å². The molecule has 78 valence electrons. The first kappa shape index (κ1) is 10.0. The maximum Gasteiger partial charge on any atom is 0.113 e. The molecule has 3 nitrogen and oxygen atoms in total. The van der Waals surface area contributed by atoms with Crippen LogP contribution in [0.3, 0.4) is 0 Å². The summed E-state index contributed by atoms with van der Waals surface area (Å²) in [5, 5.41) is 0. The van der Waals surface area contributed by atoms with Gasteiger partial charge in [0.05, 0.1) is 0 Å². The van der Waals surface area contributed by atoms with E-state index in [1.807, 2.05) is 18.6 Å². The van der Waals surface area contributed by atoms with Crippen LogP contribution < -0.4 is 0 Å². The number of nitrogens with zero attached hydrogens (tertiary/aromatic N) is 3. The summed E-state index contributed by atoms with van der Waals surface area (Å²) in [6.07, 6.45) is 7.20. The number of rotatable bonds is 1. The topological polar surface area (TPSA) is 37.6 Å². The second-order valence-corrected chi connectivity index (χ2v) is 4.76. The van der Waals surface area contributed by atoms with Crippen molar-refractivity contribution in [2.75, 3.05) is 0 Å². The Hall–Kier alpha value is -1.51. The highest BCUT2D eigenvalue weighted by molar-refractivity contribution is 5.83. The maximum absolute atomic E-state index is 4.26. The Morgan fingerprint density at radius 2 is 2.00 bits per heavy atom. The van der Waals surface area contributed by atoms with Gasteiger partial charge in [-0.05, 0) is 17.0 Å². The fraction of sp³-hybridized carbons (Fsp3) is 0.417. The molecule has 2 heterocycles. The fourth-order valence-electron chi connectivity index (χ4n) is 1.47. The lowest BCUT2D eigenvalue weighted by molar-refractivity contribution is 0.586. The van der Waals surface area contributed by atoms with Gasteiger partial charge in [0, 0.05) is 24.2 Å². The summed E-state index contributed by atoms with van der Waals surface area (Å²) in [5.41, 5.74) is 2.47. The standard InChI is InChI=1S/C12H15N3/c1-12(2,3)10-4-9(5-13-6-10)11-7-14-8-15-11/h4-8,11H,1-3H3. The van der Waals surface area contributed by atoms with E-state index in [9.17, 15) is 0 Å². The van der Waals surface area contributed by atoms with Gasteiger partial charge in [-0.3, -0.25) is 9.98 Å². The zero-order chi connectivity index (χ0) is 10.9. The first-order valence-electron chi connectivity index (χ1n) is 5.08. The maximum atomic E-state index is 4.26. The lowest BCUT2D eigenvalue weighted by Gasteiger charge is -2.19. The number of aromatic nitrogens is 1. The molecule has 0 fully saturated rings. The summed E-state index contributed by atoms with van der Waals surface area (Å²) >= 11 is 0. The van der Waals surface area contributed by atoms with Crippen molar-refractivity contribution in [2.24, 2.45) is 9.98 Å². The fourth-order valence-corrected chi connectivity index (χ4v) is 1.47. The Morgan fingerprint density at radius 1 is 1.20 bits per heavy atom. The highest BCUT2D eigenvalue weighted by atomic mass is 15.0. The van der Waals surface area contributed by atoms with Crippen LogP contribution in [-0.2, 0) is 5.41 Å². The third-order valence-electron chi connectivity index (χ3n) is 2.49. The molecular weight excluding hydrogens is 186 g/mol. The van der Waals surface area contributed by atoms with E-state index in [1.54, 1.807) is 6.34 Å². The molecule has 1 aliphatic rings. The first-order chi connectivity index (χ1) is 7.07. The van der Waals surface area contributed by atoms with Gasteiger partial charge in [-0.2, -0.15) is 0 Å². The summed E-state index contributed by atoms with van der Waals surface area (Å²) in [6, 6.07) is 2.21. The number of hydrogen-bond acceptors (Lipinski definition) is 3. The average molecular weight is 201 g/mol. The summed E-state index contributed by atoms with van der Waals surface area (Å²) < 4.78 is 0. The van der Waals surface area contributed by atoms with Crippen molar-refractivity contribution < 1.29 is 0 Å². The monoisotopic (exact) mass is 201 g/mol. The molecule has 0 saturated carbocycles. The van der Waals surface area contributed by atoms with E-state index in [-0.39, 0.29) is 11.5 Å². The Balaban J connectivity index is 2.34. The molecule has 0 bridgehead atoms. The van der Waals surface area contributed by atoms with Gasteiger partial charge < -0.3 is 0 Å². The summed E-state index contributed by atoms with van der Waals surface area (Å²) in [4.78, 5) is 12.5.